The van der Waals surface area contributed by atoms with Gasteiger partial charge in [0.15, 0.2) is 0 Å². The Balaban J connectivity index is 4.32. The van der Waals surface area contributed by atoms with Crippen LogP contribution in [-0.4, -0.2) is 52.3 Å². The van der Waals surface area contributed by atoms with E-state index in [-0.39, 0.29) is 24.9 Å². The van der Waals surface area contributed by atoms with Gasteiger partial charge in [-0.15, -0.1) is 0 Å². The minimum absolute atomic E-state index is 0.0874. The Morgan fingerprint density at radius 3 is 2.11 bits per heavy atom. The maximum atomic E-state index is 11.5. The van der Waals surface area contributed by atoms with Crippen LogP contribution in [0.4, 0.5) is 0 Å². The smallest absolute Gasteiger partial charge is 0.211 e. The van der Waals surface area contributed by atoms with E-state index in [2.05, 4.69) is 4.72 Å². The number of sulfonamides is 2. The molecule has 0 bridgehead atoms. The number of unbranched alkanes of at least 4 members (excludes halogenated alkanes) is 1. The molecule has 0 atom stereocenters. The molecule has 0 saturated carbocycles. The highest BCUT2D eigenvalue weighted by Gasteiger charge is 2.20. The molecule has 0 unspecified atom stereocenters. The van der Waals surface area contributed by atoms with Crippen molar-refractivity contribution in [3.8, 4) is 0 Å². The lowest BCUT2D eigenvalue weighted by Gasteiger charge is -2.23. The molecule has 0 amide bonds. The first-order valence-corrected chi connectivity index (χ1v) is 9.54. The lowest BCUT2D eigenvalue weighted by molar-refractivity contribution is 0.360. The highest BCUT2D eigenvalue weighted by molar-refractivity contribution is 7.89. The van der Waals surface area contributed by atoms with Crippen LogP contribution in [0.3, 0.4) is 0 Å². The molecule has 0 rings (SSSR count). The predicted molar refractivity (Wildman–Crippen MR) is 73.4 cm³/mol. The van der Waals surface area contributed by atoms with Gasteiger partial charge in [0, 0.05) is 19.1 Å². The second-order valence-corrected chi connectivity index (χ2v) is 8.40. The van der Waals surface area contributed by atoms with Crippen LogP contribution in [0.1, 0.15) is 33.6 Å². The van der Waals surface area contributed by atoms with Gasteiger partial charge in [0.05, 0.1) is 12.0 Å². The molecule has 0 aromatic carbocycles. The summed E-state index contributed by atoms with van der Waals surface area (Å²) in [7, 11) is -6.58. The summed E-state index contributed by atoms with van der Waals surface area (Å²) >= 11 is 0. The average molecular weight is 300 g/mol. The molecule has 1 N–H and O–H groups in total. The number of hydrogen-bond donors (Lipinski definition) is 1. The van der Waals surface area contributed by atoms with Gasteiger partial charge in [0.1, 0.15) is 0 Å². The zero-order valence-corrected chi connectivity index (χ0v) is 13.1. The average Bonchev–Trinajstić information content (AvgIpc) is 2.19. The van der Waals surface area contributed by atoms with Crippen LogP contribution in [0.25, 0.3) is 0 Å². The van der Waals surface area contributed by atoms with Gasteiger partial charge in [-0.05, 0) is 20.3 Å². The Morgan fingerprint density at radius 1 is 1.17 bits per heavy atom. The third-order valence-corrected chi connectivity index (χ3v) is 5.35. The molecule has 0 spiro atoms. The maximum absolute atomic E-state index is 11.5. The monoisotopic (exact) mass is 300 g/mol. The summed E-state index contributed by atoms with van der Waals surface area (Å²) < 4.78 is 49.6. The van der Waals surface area contributed by atoms with E-state index in [1.807, 2.05) is 6.92 Å². The van der Waals surface area contributed by atoms with Crippen LogP contribution in [0.15, 0.2) is 0 Å². The molecular formula is C10H24N2O4S2. The SMILES string of the molecule is CCCCS(=O)(=O)NCCN(C(C)C)S(C)(=O)=O. The van der Waals surface area contributed by atoms with Crippen molar-refractivity contribution in [1.29, 1.82) is 0 Å². The van der Waals surface area contributed by atoms with Gasteiger partial charge >= 0.3 is 0 Å². The van der Waals surface area contributed by atoms with Crippen LogP contribution < -0.4 is 4.72 Å². The molecule has 0 aliphatic heterocycles. The fourth-order valence-corrected chi connectivity index (χ4v) is 3.93. The molecule has 0 saturated heterocycles. The third kappa shape index (κ3) is 7.30. The van der Waals surface area contributed by atoms with Gasteiger partial charge in [-0.2, -0.15) is 4.31 Å². The van der Waals surface area contributed by atoms with E-state index in [1.54, 1.807) is 13.8 Å². The maximum Gasteiger partial charge on any atom is 0.211 e. The van der Waals surface area contributed by atoms with Crippen molar-refractivity contribution in [3.63, 3.8) is 0 Å². The van der Waals surface area contributed by atoms with E-state index in [0.29, 0.717) is 6.42 Å². The summed E-state index contributed by atoms with van der Waals surface area (Å²) in [4.78, 5) is 0. The summed E-state index contributed by atoms with van der Waals surface area (Å²) in [5.74, 6) is 0.0874. The molecule has 0 radical (unpaired) electrons. The highest BCUT2D eigenvalue weighted by atomic mass is 32.2. The van der Waals surface area contributed by atoms with Crippen LogP contribution in [0.2, 0.25) is 0 Å². The molecule has 0 fully saturated rings. The van der Waals surface area contributed by atoms with E-state index < -0.39 is 20.0 Å². The van der Waals surface area contributed by atoms with E-state index in [0.717, 1.165) is 12.7 Å². The molecule has 0 aromatic rings. The molecule has 0 aliphatic carbocycles. The summed E-state index contributed by atoms with van der Waals surface area (Å²) in [6, 6.07) is -0.180. The minimum Gasteiger partial charge on any atom is -0.214 e. The second kappa shape index (κ2) is 7.42. The van der Waals surface area contributed by atoms with Gasteiger partial charge < -0.3 is 0 Å². The summed E-state index contributed by atoms with van der Waals surface area (Å²) in [6.07, 6.45) is 2.54. The Morgan fingerprint density at radius 2 is 1.72 bits per heavy atom. The molecule has 0 heterocycles. The highest BCUT2D eigenvalue weighted by Crippen LogP contribution is 2.03. The number of nitrogens with one attached hydrogen (secondary N) is 1. The topological polar surface area (TPSA) is 83.6 Å². The molecule has 6 nitrogen and oxygen atoms in total. The standard InChI is InChI=1S/C10H24N2O4S2/c1-5-6-9-18(15,16)11-7-8-12(10(2)3)17(4,13)14/h10-11H,5-9H2,1-4H3. The molecule has 0 aromatic heterocycles. The van der Waals surface area contributed by atoms with Crippen LogP contribution in [0.5, 0.6) is 0 Å². The lowest BCUT2D eigenvalue weighted by atomic mass is 10.4. The zero-order chi connectivity index (χ0) is 14.4. The number of nitrogens with zero attached hydrogens (tertiary/aromatic N) is 1. The Kier molecular flexibility index (Phi) is 7.34. The number of rotatable bonds is 9. The lowest BCUT2D eigenvalue weighted by Crippen LogP contribution is -2.42. The van der Waals surface area contributed by atoms with Gasteiger partial charge in [-0.3, -0.25) is 0 Å². The van der Waals surface area contributed by atoms with E-state index in [9.17, 15) is 16.8 Å². The molecule has 8 heteroatoms. The van der Waals surface area contributed by atoms with Crippen molar-refractivity contribution in [2.75, 3.05) is 25.1 Å². The zero-order valence-electron chi connectivity index (χ0n) is 11.5. The summed E-state index contributed by atoms with van der Waals surface area (Å²) in [6.45, 7) is 5.69. The number of hydrogen-bond acceptors (Lipinski definition) is 4. The van der Waals surface area contributed by atoms with E-state index in [1.165, 1.54) is 4.31 Å². The quantitative estimate of drug-likeness (QED) is 0.667. The molecule has 0 aliphatic rings. The Hall–Kier alpha value is -0.180. The van der Waals surface area contributed by atoms with Gasteiger partial charge in [0.25, 0.3) is 0 Å². The fourth-order valence-electron chi connectivity index (χ4n) is 1.52. The summed E-state index contributed by atoms with van der Waals surface area (Å²) in [5, 5.41) is 0. The molecule has 110 valence electrons. The first kappa shape index (κ1) is 17.8. The summed E-state index contributed by atoms with van der Waals surface area (Å²) in [5.41, 5.74) is 0. The van der Waals surface area contributed by atoms with Crippen molar-refractivity contribution in [3.05, 3.63) is 0 Å². The Labute approximate surface area is 111 Å². The normalized spacial score (nSPS) is 13.4. The Bertz CT molecular complexity index is 429. The van der Waals surface area contributed by atoms with Crippen molar-refractivity contribution in [2.45, 2.75) is 39.7 Å². The first-order chi connectivity index (χ1) is 8.10. The molecular weight excluding hydrogens is 276 g/mol. The van der Waals surface area contributed by atoms with Crippen LogP contribution in [-0.2, 0) is 20.0 Å². The van der Waals surface area contributed by atoms with Crippen LogP contribution >= 0.6 is 0 Å². The fraction of sp³-hybridized carbons (Fsp3) is 1.00. The third-order valence-electron chi connectivity index (χ3n) is 2.42. The van der Waals surface area contributed by atoms with E-state index in [4.69, 9.17) is 0 Å². The van der Waals surface area contributed by atoms with Crippen molar-refractivity contribution in [2.24, 2.45) is 0 Å². The first-order valence-electron chi connectivity index (χ1n) is 6.04. The second-order valence-electron chi connectivity index (χ2n) is 4.53. The van der Waals surface area contributed by atoms with Crippen molar-refractivity contribution < 1.29 is 16.8 Å². The van der Waals surface area contributed by atoms with Gasteiger partial charge in [-0.25, -0.2) is 21.6 Å². The predicted octanol–water partition coefficient (Wildman–Crippen LogP) is 0.376. The van der Waals surface area contributed by atoms with Gasteiger partial charge in [-0.1, -0.05) is 13.3 Å². The van der Waals surface area contributed by atoms with Gasteiger partial charge in [0.2, 0.25) is 20.0 Å². The van der Waals surface area contributed by atoms with Crippen LogP contribution in [0, 0.1) is 0 Å². The minimum atomic E-state index is -3.30. The molecule has 18 heavy (non-hydrogen) atoms. The van der Waals surface area contributed by atoms with Crippen molar-refractivity contribution in [1.82, 2.24) is 9.03 Å². The van der Waals surface area contributed by atoms with E-state index >= 15 is 0 Å². The van der Waals surface area contributed by atoms with Crippen molar-refractivity contribution >= 4 is 20.0 Å². The largest absolute Gasteiger partial charge is 0.214 e.